The van der Waals surface area contributed by atoms with Crippen LogP contribution in [0.5, 0.6) is 0 Å². The lowest BCUT2D eigenvalue weighted by Gasteiger charge is -2.15. The largest absolute Gasteiger partial charge is 0.449 e. The second kappa shape index (κ2) is 7.64. The van der Waals surface area contributed by atoms with Crippen LogP contribution >= 0.6 is 0 Å². The van der Waals surface area contributed by atoms with Crippen molar-refractivity contribution in [2.45, 2.75) is 20.0 Å². The van der Waals surface area contributed by atoms with Crippen molar-refractivity contribution in [3.05, 3.63) is 45.7 Å². The number of benzene rings is 1. The molecular weight excluding hydrogens is 344 g/mol. The third-order valence-corrected chi connectivity index (χ3v) is 3.42. The number of hydrogen-bond donors (Lipinski definition) is 1. The lowest BCUT2D eigenvalue weighted by Crippen LogP contribution is -2.30. The zero-order valence-corrected chi connectivity index (χ0v) is 14.7. The average Bonchev–Trinajstić information content (AvgIpc) is 2.98. The van der Waals surface area contributed by atoms with Crippen molar-refractivity contribution in [3.63, 3.8) is 0 Å². The average molecular weight is 362 g/mol. The summed E-state index contributed by atoms with van der Waals surface area (Å²) in [6.45, 7) is 3.04. The molecular formula is C16H18N4O6. The van der Waals surface area contributed by atoms with Crippen LogP contribution in [0.15, 0.2) is 28.8 Å². The number of amides is 1. The Labute approximate surface area is 148 Å². The van der Waals surface area contributed by atoms with Crippen molar-refractivity contribution in [2.75, 3.05) is 24.3 Å². The van der Waals surface area contributed by atoms with Crippen LogP contribution in [-0.4, -0.2) is 42.2 Å². The Morgan fingerprint density at radius 2 is 2.04 bits per heavy atom. The molecule has 0 bridgehead atoms. The molecule has 2 aromatic rings. The van der Waals surface area contributed by atoms with Crippen LogP contribution in [0, 0.1) is 17.0 Å². The molecule has 1 aromatic carbocycles. The molecule has 0 saturated heterocycles. The minimum absolute atomic E-state index is 0.0285. The van der Waals surface area contributed by atoms with E-state index in [1.54, 1.807) is 25.9 Å². The van der Waals surface area contributed by atoms with Crippen LogP contribution in [0.4, 0.5) is 17.2 Å². The summed E-state index contributed by atoms with van der Waals surface area (Å²) in [6.07, 6.45) is -1.13. The number of aromatic nitrogens is 1. The van der Waals surface area contributed by atoms with E-state index in [9.17, 15) is 19.7 Å². The molecule has 26 heavy (non-hydrogen) atoms. The fourth-order valence-electron chi connectivity index (χ4n) is 2.11. The number of nitrogens with one attached hydrogen (secondary N) is 1. The van der Waals surface area contributed by atoms with Gasteiger partial charge in [-0.1, -0.05) is 5.16 Å². The number of ether oxygens (including phenoxy) is 1. The van der Waals surface area contributed by atoms with E-state index in [0.29, 0.717) is 11.4 Å². The molecule has 1 aromatic heterocycles. The minimum atomic E-state index is -1.13. The molecule has 1 amide bonds. The van der Waals surface area contributed by atoms with Gasteiger partial charge in [-0.05, 0) is 26.0 Å². The molecule has 0 fully saturated rings. The number of esters is 1. The van der Waals surface area contributed by atoms with Gasteiger partial charge in [0.05, 0.1) is 10.5 Å². The van der Waals surface area contributed by atoms with Crippen molar-refractivity contribution in [2.24, 2.45) is 0 Å². The summed E-state index contributed by atoms with van der Waals surface area (Å²) in [6, 6.07) is 5.47. The number of carbonyl (C=O) groups excluding carboxylic acids is 2. The first-order chi connectivity index (χ1) is 12.2. The quantitative estimate of drug-likeness (QED) is 0.470. The summed E-state index contributed by atoms with van der Waals surface area (Å²) in [5.41, 5.74) is 0.0811. The molecule has 1 N–H and O–H groups in total. The number of nitro benzene ring substituents is 1. The van der Waals surface area contributed by atoms with E-state index in [0.717, 1.165) is 6.07 Å². The first kappa shape index (κ1) is 18.9. The van der Waals surface area contributed by atoms with E-state index in [1.165, 1.54) is 25.1 Å². The summed E-state index contributed by atoms with van der Waals surface area (Å²) < 4.78 is 9.89. The van der Waals surface area contributed by atoms with Gasteiger partial charge in [0, 0.05) is 26.2 Å². The second-order valence-corrected chi connectivity index (χ2v) is 5.71. The molecule has 1 heterocycles. The predicted molar refractivity (Wildman–Crippen MR) is 92.2 cm³/mol. The van der Waals surface area contributed by atoms with Crippen LogP contribution in [-0.2, 0) is 9.53 Å². The highest BCUT2D eigenvalue weighted by Gasteiger charge is 2.23. The highest BCUT2D eigenvalue weighted by Crippen LogP contribution is 2.28. The maximum absolute atomic E-state index is 12.2. The van der Waals surface area contributed by atoms with Crippen molar-refractivity contribution in [3.8, 4) is 0 Å². The molecule has 0 aliphatic carbocycles. The highest BCUT2D eigenvalue weighted by molar-refractivity contribution is 5.97. The summed E-state index contributed by atoms with van der Waals surface area (Å²) in [7, 11) is 3.30. The molecule has 10 nitrogen and oxygen atoms in total. The van der Waals surface area contributed by atoms with E-state index in [-0.39, 0.29) is 17.1 Å². The molecule has 0 radical (unpaired) electrons. The normalized spacial score (nSPS) is 11.5. The van der Waals surface area contributed by atoms with Crippen LogP contribution in [0.1, 0.15) is 23.0 Å². The maximum Gasteiger partial charge on any atom is 0.339 e. The second-order valence-electron chi connectivity index (χ2n) is 5.71. The Kier molecular flexibility index (Phi) is 5.55. The van der Waals surface area contributed by atoms with Gasteiger partial charge in [-0.25, -0.2) is 4.79 Å². The van der Waals surface area contributed by atoms with E-state index >= 15 is 0 Å². The smallest absolute Gasteiger partial charge is 0.339 e. The minimum Gasteiger partial charge on any atom is -0.449 e. The first-order valence-electron chi connectivity index (χ1n) is 7.60. The Morgan fingerprint density at radius 1 is 1.35 bits per heavy atom. The lowest BCUT2D eigenvalue weighted by molar-refractivity contribution is -0.384. The molecule has 1 atom stereocenters. The molecule has 10 heteroatoms. The van der Waals surface area contributed by atoms with Crippen molar-refractivity contribution in [1.82, 2.24) is 5.16 Å². The van der Waals surface area contributed by atoms with Gasteiger partial charge in [0.1, 0.15) is 11.4 Å². The highest BCUT2D eigenvalue weighted by atomic mass is 16.6. The Hall–Kier alpha value is -3.43. The van der Waals surface area contributed by atoms with Gasteiger partial charge in [0.2, 0.25) is 0 Å². The summed E-state index contributed by atoms with van der Waals surface area (Å²) in [5.74, 6) is -0.747. The lowest BCUT2D eigenvalue weighted by atomic mass is 10.1. The number of aryl methyl sites for hydroxylation is 1. The monoisotopic (exact) mass is 362 g/mol. The predicted octanol–water partition coefficient (Wildman–Crippen LogP) is 2.14. The number of nitrogens with zero attached hydrogens (tertiary/aromatic N) is 3. The maximum atomic E-state index is 12.2. The van der Waals surface area contributed by atoms with E-state index in [4.69, 9.17) is 9.26 Å². The van der Waals surface area contributed by atoms with E-state index < -0.39 is 22.9 Å². The van der Waals surface area contributed by atoms with E-state index in [2.05, 4.69) is 10.5 Å². The van der Waals surface area contributed by atoms with Gasteiger partial charge in [-0.15, -0.1) is 0 Å². The number of rotatable bonds is 6. The number of anilines is 2. The van der Waals surface area contributed by atoms with Gasteiger partial charge in [0.25, 0.3) is 11.6 Å². The summed E-state index contributed by atoms with van der Waals surface area (Å²) >= 11 is 0. The number of nitro groups is 1. The Bertz CT molecular complexity index is 845. The van der Waals surface area contributed by atoms with Crippen LogP contribution in [0.3, 0.4) is 0 Å². The van der Waals surface area contributed by atoms with Crippen molar-refractivity contribution in [1.29, 1.82) is 0 Å². The Balaban J connectivity index is 2.10. The third kappa shape index (κ3) is 4.35. The zero-order valence-electron chi connectivity index (χ0n) is 14.7. The molecule has 0 saturated carbocycles. The van der Waals surface area contributed by atoms with Gasteiger partial charge < -0.3 is 19.5 Å². The summed E-state index contributed by atoms with van der Waals surface area (Å²) in [5, 5.41) is 17.2. The van der Waals surface area contributed by atoms with Gasteiger partial charge >= 0.3 is 5.97 Å². The van der Waals surface area contributed by atoms with Crippen molar-refractivity contribution < 1.29 is 23.8 Å². The van der Waals surface area contributed by atoms with Crippen LogP contribution in [0.2, 0.25) is 0 Å². The fraction of sp³-hybridized carbons (Fsp3) is 0.312. The zero-order chi connectivity index (χ0) is 19.4. The topological polar surface area (TPSA) is 128 Å². The molecule has 2 rings (SSSR count). The summed E-state index contributed by atoms with van der Waals surface area (Å²) in [4.78, 5) is 36.4. The molecule has 138 valence electrons. The molecule has 0 aliphatic rings. The number of hydrogen-bond acceptors (Lipinski definition) is 8. The van der Waals surface area contributed by atoms with Crippen LogP contribution < -0.4 is 10.2 Å². The van der Waals surface area contributed by atoms with Gasteiger partial charge in [-0.2, -0.15) is 0 Å². The third-order valence-electron chi connectivity index (χ3n) is 3.42. The van der Waals surface area contributed by atoms with Gasteiger partial charge in [0.15, 0.2) is 11.9 Å². The Morgan fingerprint density at radius 3 is 2.58 bits per heavy atom. The molecule has 0 spiro atoms. The SMILES string of the molecule is Cc1cc(NC(=O)[C@H](C)OC(=O)c2ccc(N(C)C)c([N+](=O)[O-])c2)no1. The van der Waals surface area contributed by atoms with Crippen LogP contribution in [0.25, 0.3) is 0 Å². The molecule has 0 aliphatic heterocycles. The standard InChI is InChI=1S/C16H18N4O6/c1-9-7-14(18-26-9)17-15(21)10(2)25-16(22)11-5-6-12(19(3)4)13(8-11)20(23)24/h5-8,10H,1-4H3,(H,17,18,21)/t10-/m0/s1. The van der Waals surface area contributed by atoms with Gasteiger partial charge in [-0.3, -0.25) is 14.9 Å². The fourth-order valence-corrected chi connectivity index (χ4v) is 2.11. The van der Waals surface area contributed by atoms with Crippen molar-refractivity contribution >= 4 is 29.1 Å². The first-order valence-corrected chi connectivity index (χ1v) is 7.60. The number of carbonyl (C=O) groups is 2. The van der Waals surface area contributed by atoms with E-state index in [1.807, 2.05) is 0 Å². The molecule has 0 unspecified atom stereocenters.